The Hall–Kier alpha value is -2.51. The minimum Gasteiger partial charge on any atom is -0.483 e. The average molecular weight is 445 g/mol. The summed E-state index contributed by atoms with van der Waals surface area (Å²) >= 11 is 7.39. The first-order valence-electron chi connectivity index (χ1n) is 9.73. The molecular weight excluding hydrogens is 420 g/mol. The van der Waals surface area contributed by atoms with Gasteiger partial charge in [0.05, 0.1) is 5.75 Å². The zero-order chi connectivity index (χ0) is 21.7. The van der Waals surface area contributed by atoms with E-state index in [1.165, 1.54) is 11.8 Å². The lowest BCUT2D eigenvalue weighted by Crippen LogP contribution is -2.16. The highest BCUT2D eigenvalue weighted by molar-refractivity contribution is 7.99. The van der Waals surface area contributed by atoms with E-state index in [-0.39, 0.29) is 17.8 Å². The number of aryl methyl sites for hydroxylation is 1. The zero-order valence-corrected chi connectivity index (χ0v) is 19.0. The number of nitrogens with one attached hydrogen (secondary N) is 1. The van der Waals surface area contributed by atoms with Crippen LogP contribution in [0.2, 0.25) is 5.02 Å². The molecule has 1 amide bonds. The minimum absolute atomic E-state index is 0.0795. The van der Waals surface area contributed by atoms with Gasteiger partial charge in [-0.05, 0) is 63.1 Å². The number of benzene rings is 2. The number of carbonyl (C=O) groups is 1. The molecule has 1 heterocycles. The molecule has 3 rings (SSSR count). The molecule has 1 atom stereocenters. The molecular formula is C22H25ClN4O2S. The van der Waals surface area contributed by atoms with E-state index < -0.39 is 0 Å². The largest absolute Gasteiger partial charge is 0.483 e. The molecule has 0 aliphatic carbocycles. The normalized spacial score (nSPS) is 11.9. The molecule has 30 heavy (non-hydrogen) atoms. The van der Waals surface area contributed by atoms with E-state index in [0.29, 0.717) is 28.3 Å². The lowest BCUT2D eigenvalue weighted by atomic mass is 10.1. The fourth-order valence-corrected chi connectivity index (χ4v) is 3.99. The maximum Gasteiger partial charge on any atom is 0.234 e. The number of anilines is 1. The van der Waals surface area contributed by atoms with Gasteiger partial charge >= 0.3 is 0 Å². The van der Waals surface area contributed by atoms with E-state index in [1.807, 2.05) is 62.6 Å². The summed E-state index contributed by atoms with van der Waals surface area (Å²) in [7, 11) is 0. The average Bonchev–Trinajstić information content (AvgIpc) is 3.13. The lowest BCUT2D eigenvalue weighted by Gasteiger charge is -2.15. The van der Waals surface area contributed by atoms with Crippen molar-refractivity contribution in [3.8, 4) is 5.75 Å². The van der Waals surface area contributed by atoms with Crippen molar-refractivity contribution < 1.29 is 9.53 Å². The van der Waals surface area contributed by atoms with E-state index in [0.717, 1.165) is 16.8 Å². The SMILES string of the molecule is CCn1c(SCC(=O)Nc2cccc(C)c2C)nnc1C(C)Oc1cccc(Cl)c1. The van der Waals surface area contributed by atoms with Gasteiger partial charge in [0.15, 0.2) is 17.1 Å². The van der Waals surface area contributed by atoms with Gasteiger partial charge in [0, 0.05) is 17.3 Å². The Morgan fingerprint density at radius 3 is 2.73 bits per heavy atom. The molecule has 3 aromatic rings. The Kier molecular flexibility index (Phi) is 7.39. The Morgan fingerprint density at radius 1 is 1.23 bits per heavy atom. The fourth-order valence-electron chi connectivity index (χ4n) is 3.00. The smallest absolute Gasteiger partial charge is 0.234 e. The molecule has 0 aliphatic heterocycles. The summed E-state index contributed by atoms with van der Waals surface area (Å²) in [6.07, 6.45) is -0.311. The van der Waals surface area contributed by atoms with Crippen molar-refractivity contribution in [2.45, 2.75) is 45.5 Å². The summed E-state index contributed by atoms with van der Waals surface area (Å²) in [4.78, 5) is 12.4. The van der Waals surface area contributed by atoms with Gasteiger partial charge in [-0.3, -0.25) is 4.79 Å². The predicted octanol–water partition coefficient (Wildman–Crippen LogP) is 5.44. The number of hydrogen-bond acceptors (Lipinski definition) is 5. The second-order valence-electron chi connectivity index (χ2n) is 6.89. The number of amides is 1. The van der Waals surface area contributed by atoms with Crippen LogP contribution in [0.15, 0.2) is 47.6 Å². The van der Waals surface area contributed by atoms with E-state index in [4.69, 9.17) is 16.3 Å². The van der Waals surface area contributed by atoms with Gasteiger partial charge in [-0.1, -0.05) is 41.6 Å². The first-order chi connectivity index (χ1) is 14.4. The molecule has 0 radical (unpaired) electrons. The topological polar surface area (TPSA) is 69.0 Å². The molecule has 158 valence electrons. The molecule has 1 aromatic heterocycles. The monoisotopic (exact) mass is 444 g/mol. The van der Waals surface area contributed by atoms with Gasteiger partial charge in [0.1, 0.15) is 5.75 Å². The number of nitrogens with zero attached hydrogens (tertiary/aromatic N) is 3. The van der Waals surface area contributed by atoms with Crippen molar-refractivity contribution in [1.82, 2.24) is 14.8 Å². The van der Waals surface area contributed by atoms with Gasteiger partial charge in [0.2, 0.25) is 5.91 Å². The third kappa shape index (κ3) is 5.34. The van der Waals surface area contributed by atoms with Crippen LogP contribution in [0.25, 0.3) is 0 Å². The molecule has 8 heteroatoms. The summed E-state index contributed by atoms with van der Waals surface area (Å²) in [5.41, 5.74) is 3.05. The molecule has 6 nitrogen and oxygen atoms in total. The number of carbonyl (C=O) groups excluding carboxylic acids is 1. The van der Waals surface area contributed by atoms with E-state index in [9.17, 15) is 4.79 Å². The molecule has 0 bridgehead atoms. The van der Waals surface area contributed by atoms with E-state index in [1.54, 1.807) is 12.1 Å². The van der Waals surface area contributed by atoms with Gasteiger partial charge in [-0.25, -0.2) is 0 Å². The second-order valence-corrected chi connectivity index (χ2v) is 8.27. The maximum atomic E-state index is 12.4. The van der Waals surface area contributed by atoms with Crippen molar-refractivity contribution in [1.29, 1.82) is 0 Å². The number of thioether (sulfide) groups is 1. The number of ether oxygens (including phenoxy) is 1. The summed E-state index contributed by atoms with van der Waals surface area (Å²) in [5.74, 6) is 1.54. The summed E-state index contributed by atoms with van der Waals surface area (Å²) in [6.45, 7) is 8.63. The van der Waals surface area contributed by atoms with Crippen LogP contribution in [0, 0.1) is 13.8 Å². The summed E-state index contributed by atoms with van der Waals surface area (Å²) in [5, 5.41) is 12.8. The third-order valence-electron chi connectivity index (χ3n) is 4.75. The molecule has 0 spiro atoms. The van der Waals surface area contributed by atoms with Crippen molar-refractivity contribution in [2.75, 3.05) is 11.1 Å². The third-order valence-corrected chi connectivity index (χ3v) is 5.95. The Labute approximate surface area is 186 Å². The van der Waals surface area contributed by atoms with Crippen molar-refractivity contribution in [2.24, 2.45) is 0 Å². The van der Waals surface area contributed by atoms with Crippen molar-refractivity contribution in [3.63, 3.8) is 0 Å². The highest BCUT2D eigenvalue weighted by Gasteiger charge is 2.19. The fraction of sp³-hybridized carbons (Fsp3) is 0.318. The first kappa shape index (κ1) is 22.2. The van der Waals surface area contributed by atoms with Gasteiger partial charge in [0.25, 0.3) is 0 Å². The second kappa shape index (κ2) is 10.00. The standard InChI is InChI=1S/C22H25ClN4O2S/c1-5-27-21(16(4)29-18-10-7-9-17(23)12-18)25-26-22(27)30-13-20(28)24-19-11-6-8-14(2)15(19)3/h6-12,16H,5,13H2,1-4H3,(H,24,28). The van der Waals surface area contributed by atoms with Crippen LogP contribution < -0.4 is 10.1 Å². The van der Waals surface area contributed by atoms with Gasteiger partial charge < -0.3 is 14.6 Å². The highest BCUT2D eigenvalue weighted by atomic mass is 35.5. The quantitative estimate of drug-likeness (QED) is 0.468. The number of rotatable bonds is 8. The Bertz CT molecular complexity index is 1040. The van der Waals surface area contributed by atoms with Crippen LogP contribution in [-0.2, 0) is 11.3 Å². The molecule has 0 aliphatic rings. The number of halogens is 1. The van der Waals surface area contributed by atoms with Crippen molar-refractivity contribution >= 4 is 35.0 Å². The van der Waals surface area contributed by atoms with Crippen LogP contribution in [0.3, 0.4) is 0 Å². The lowest BCUT2D eigenvalue weighted by molar-refractivity contribution is -0.113. The van der Waals surface area contributed by atoms with Crippen LogP contribution in [0.5, 0.6) is 5.75 Å². The number of hydrogen-bond donors (Lipinski definition) is 1. The van der Waals surface area contributed by atoms with Crippen molar-refractivity contribution in [3.05, 3.63) is 64.4 Å². The predicted molar refractivity (Wildman–Crippen MR) is 121 cm³/mol. The zero-order valence-electron chi connectivity index (χ0n) is 17.5. The van der Waals surface area contributed by atoms with Crippen LogP contribution in [0.1, 0.15) is 36.9 Å². The van der Waals surface area contributed by atoms with Crippen LogP contribution >= 0.6 is 23.4 Å². The molecule has 2 aromatic carbocycles. The Morgan fingerprint density at radius 2 is 2.00 bits per heavy atom. The van der Waals surface area contributed by atoms with E-state index in [2.05, 4.69) is 15.5 Å². The van der Waals surface area contributed by atoms with Crippen LogP contribution in [0.4, 0.5) is 5.69 Å². The van der Waals surface area contributed by atoms with Gasteiger partial charge in [-0.15, -0.1) is 10.2 Å². The highest BCUT2D eigenvalue weighted by Crippen LogP contribution is 2.26. The summed E-state index contributed by atoms with van der Waals surface area (Å²) in [6, 6.07) is 13.1. The first-order valence-corrected chi connectivity index (χ1v) is 11.1. The van der Waals surface area contributed by atoms with Gasteiger partial charge in [-0.2, -0.15) is 0 Å². The molecule has 0 saturated carbocycles. The van der Waals surface area contributed by atoms with E-state index >= 15 is 0 Å². The molecule has 1 N–H and O–H groups in total. The summed E-state index contributed by atoms with van der Waals surface area (Å²) < 4.78 is 7.93. The number of aromatic nitrogens is 3. The van der Waals surface area contributed by atoms with Crippen LogP contribution in [-0.4, -0.2) is 26.4 Å². The molecule has 0 fully saturated rings. The maximum absolute atomic E-state index is 12.4. The Balaban J connectivity index is 1.65. The molecule has 1 unspecified atom stereocenters. The minimum atomic E-state index is -0.311. The molecule has 0 saturated heterocycles.